The van der Waals surface area contributed by atoms with Crippen LogP contribution in [-0.2, 0) is 14.4 Å². The molecule has 0 fully saturated rings. The Bertz CT molecular complexity index is 331. The van der Waals surface area contributed by atoms with Gasteiger partial charge in [-0.25, -0.2) is 4.79 Å². The van der Waals surface area contributed by atoms with Crippen LogP contribution in [0.1, 0.15) is 12.8 Å². The maximum Gasteiger partial charge on any atom is 0.336 e. The summed E-state index contributed by atoms with van der Waals surface area (Å²) < 4.78 is 0.844. The normalized spacial score (nSPS) is 13.7. The standard InChI is InChI=1S/C6H8O7.C5H14NO/c7-3(8)1-6(13,5(11)12)2-4(9)10;1-6(2,3)4-5-7/h13H,1-2H2,(H,7,8)(H,9,10)(H,11,12);7H,4-5H2,1-3H3/q;+1/p-1. The van der Waals surface area contributed by atoms with Crippen molar-refractivity contribution in [3.05, 3.63) is 0 Å². The average molecular weight is 295 g/mol. The summed E-state index contributed by atoms with van der Waals surface area (Å²) in [5, 5.41) is 43.9. The van der Waals surface area contributed by atoms with Gasteiger partial charge in [0.2, 0.25) is 0 Å². The van der Waals surface area contributed by atoms with Crippen molar-refractivity contribution in [3.63, 3.8) is 0 Å². The Hall–Kier alpha value is -1.71. The van der Waals surface area contributed by atoms with Crippen LogP contribution in [0.15, 0.2) is 0 Å². The summed E-state index contributed by atoms with van der Waals surface area (Å²) in [4.78, 5) is 30.3. The van der Waals surface area contributed by atoms with E-state index in [0.717, 1.165) is 11.0 Å². The lowest BCUT2D eigenvalue weighted by Gasteiger charge is -2.21. The molecular formula is C11H21NO8. The van der Waals surface area contributed by atoms with Crippen LogP contribution >= 0.6 is 0 Å². The molecule has 0 rings (SSSR count). The molecule has 9 heteroatoms. The molecule has 9 nitrogen and oxygen atoms in total. The molecule has 0 saturated heterocycles. The van der Waals surface area contributed by atoms with E-state index in [4.69, 9.17) is 20.4 Å². The molecule has 1 unspecified atom stereocenters. The van der Waals surface area contributed by atoms with Crippen LogP contribution in [0.4, 0.5) is 0 Å². The fourth-order valence-electron chi connectivity index (χ4n) is 1.00. The molecule has 0 aromatic heterocycles. The van der Waals surface area contributed by atoms with E-state index in [2.05, 4.69) is 21.1 Å². The number of hydrogen-bond acceptors (Lipinski definition) is 6. The average Bonchev–Trinajstić information content (AvgIpc) is 2.12. The number of nitrogens with zero attached hydrogens (tertiary/aromatic N) is 1. The highest BCUT2D eigenvalue weighted by Gasteiger charge is 2.38. The molecule has 4 N–H and O–H groups in total. The van der Waals surface area contributed by atoms with Crippen molar-refractivity contribution in [1.82, 2.24) is 0 Å². The molecule has 0 aromatic rings. The molecule has 0 aliphatic carbocycles. The Kier molecular flexibility index (Phi) is 8.71. The lowest BCUT2D eigenvalue weighted by molar-refractivity contribution is -0.870. The molecule has 1 atom stereocenters. The summed E-state index contributed by atoms with van der Waals surface area (Å²) in [6, 6.07) is 0. The second-order valence-electron chi connectivity index (χ2n) is 5.19. The van der Waals surface area contributed by atoms with Gasteiger partial charge in [-0.2, -0.15) is 0 Å². The van der Waals surface area contributed by atoms with Crippen molar-refractivity contribution in [2.24, 2.45) is 0 Å². The zero-order valence-electron chi connectivity index (χ0n) is 11.7. The van der Waals surface area contributed by atoms with E-state index in [9.17, 15) is 19.5 Å². The number of aliphatic hydroxyl groups is 2. The zero-order valence-corrected chi connectivity index (χ0v) is 11.7. The van der Waals surface area contributed by atoms with Gasteiger partial charge in [-0.05, 0) is 0 Å². The van der Waals surface area contributed by atoms with Gasteiger partial charge in [0, 0.05) is 12.4 Å². The summed E-state index contributed by atoms with van der Waals surface area (Å²) in [5.74, 6) is -5.34. The van der Waals surface area contributed by atoms with Gasteiger partial charge >= 0.3 is 11.9 Å². The smallest absolute Gasteiger partial charge is 0.336 e. The van der Waals surface area contributed by atoms with Gasteiger partial charge in [-0.15, -0.1) is 0 Å². The highest BCUT2D eigenvalue weighted by Crippen LogP contribution is 2.15. The quantitative estimate of drug-likeness (QED) is 0.364. The summed E-state index contributed by atoms with van der Waals surface area (Å²) in [6.45, 7) is 1.11. The Balaban J connectivity index is 0. The van der Waals surface area contributed by atoms with E-state index in [0.29, 0.717) is 0 Å². The first kappa shape index (κ1) is 20.6. The Morgan fingerprint density at radius 2 is 1.55 bits per heavy atom. The maximum absolute atomic E-state index is 10.3. The van der Waals surface area contributed by atoms with Crippen molar-refractivity contribution < 1.29 is 44.4 Å². The lowest BCUT2D eigenvalue weighted by Crippen LogP contribution is -2.45. The third kappa shape index (κ3) is 11.4. The van der Waals surface area contributed by atoms with Crippen molar-refractivity contribution in [2.45, 2.75) is 18.4 Å². The van der Waals surface area contributed by atoms with Crippen molar-refractivity contribution in [1.29, 1.82) is 0 Å². The molecule has 0 aromatic carbocycles. The number of likely N-dealkylation sites (N-methyl/N-ethyl adjacent to an activating group) is 1. The van der Waals surface area contributed by atoms with Gasteiger partial charge in [0.1, 0.15) is 6.54 Å². The fourth-order valence-corrected chi connectivity index (χ4v) is 1.00. The largest absolute Gasteiger partial charge is 0.550 e. The van der Waals surface area contributed by atoms with Gasteiger partial charge < -0.3 is 34.8 Å². The van der Waals surface area contributed by atoms with Crippen LogP contribution in [0.5, 0.6) is 0 Å². The monoisotopic (exact) mass is 295 g/mol. The van der Waals surface area contributed by atoms with Gasteiger partial charge in [0.25, 0.3) is 0 Å². The molecule has 118 valence electrons. The van der Waals surface area contributed by atoms with E-state index >= 15 is 0 Å². The SMILES string of the molecule is C[N+](C)(C)CCO.O=C([O-])CC(O)(CC(=O)O)C(=O)O. The number of carboxylic acids is 3. The summed E-state index contributed by atoms with van der Waals surface area (Å²) >= 11 is 0. The van der Waals surface area contributed by atoms with E-state index < -0.39 is 36.4 Å². The minimum atomic E-state index is -2.80. The van der Waals surface area contributed by atoms with Crippen molar-refractivity contribution in [2.75, 3.05) is 34.3 Å². The van der Waals surface area contributed by atoms with Crippen molar-refractivity contribution >= 4 is 17.9 Å². The predicted molar refractivity (Wildman–Crippen MR) is 64.4 cm³/mol. The Morgan fingerprint density at radius 3 is 1.70 bits per heavy atom. The van der Waals surface area contributed by atoms with Gasteiger partial charge in [-0.3, -0.25) is 4.79 Å². The molecule has 0 bridgehead atoms. The highest BCUT2D eigenvalue weighted by molar-refractivity contribution is 5.87. The molecule has 0 heterocycles. The summed E-state index contributed by atoms with van der Waals surface area (Å²) in [7, 11) is 6.16. The minimum absolute atomic E-state index is 0.281. The van der Waals surface area contributed by atoms with Crippen LogP contribution in [0.2, 0.25) is 0 Å². The molecule has 20 heavy (non-hydrogen) atoms. The van der Waals surface area contributed by atoms with E-state index in [1.165, 1.54) is 0 Å². The number of aliphatic hydroxyl groups excluding tert-OH is 1. The number of carboxylic acid groups (broad SMARTS) is 3. The molecule has 0 radical (unpaired) electrons. The second-order valence-corrected chi connectivity index (χ2v) is 5.19. The first-order valence-corrected chi connectivity index (χ1v) is 5.63. The highest BCUT2D eigenvalue weighted by atomic mass is 16.4. The first-order chi connectivity index (χ1) is 8.84. The van der Waals surface area contributed by atoms with Gasteiger partial charge in [0.05, 0.1) is 34.2 Å². The van der Waals surface area contributed by atoms with E-state index in [-0.39, 0.29) is 6.61 Å². The lowest BCUT2D eigenvalue weighted by atomic mass is 9.96. The first-order valence-electron chi connectivity index (χ1n) is 5.63. The van der Waals surface area contributed by atoms with Crippen LogP contribution in [0.3, 0.4) is 0 Å². The van der Waals surface area contributed by atoms with Crippen LogP contribution < -0.4 is 5.11 Å². The topological polar surface area (TPSA) is 155 Å². The Labute approximate surface area is 116 Å². The zero-order chi connectivity index (χ0) is 16.6. The maximum atomic E-state index is 10.3. The molecule has 0 amide bonds. The van der Waals surface area contributed by atoms with Crippen LogP contribution in [-0.4, -0.2) is 82.7 Å². The Morgan fingerprint density at radius 1 is 1.10 bits per heavy atom. The van der Waals surface area contributed by atoms with Crippen LogP contribution in [0.25, 0.3) is 0 Å². The second kappa shape index (κ2) is 8.46. The summed E-state index contributed by atoms with van der Waals surface area (Å²) in [6.07, 6.45) is -2.44. The molecule has 0 aliphatic heterocycles. The molecular weight excluding hydrogens is 274 g/mol. The van der Waals surface area contributed by atoms with Crippen molar-refractivity contribution in [3.8, 4) is 0 Å². The number of rotatable bonds is 7. The fraction of sp³-hybridized carbons (Fsp3) is 0.727. The minimum Gasteiger partial charge on any atom is -0.550 e. The number of quaternary nitrogens is 1. The summed E-state index contributed by atoms with van der Waals surface area (Å²) in [5.41, 5.74) is -2.80. The molecule has 0 aliphatic rings. The van der Waals surface area contributed by atoms with Crippen LogP contribution in [0, 0.1) is 0 Å². The number of aliphatic carboxylic acids is 3. The predicted octanol–water partition coefficient (Wildman–Crippen LogP) is -2.90. The molecule has 0 saturated carbocycles. The molecule has 0 spiro atoms. The number of hydrogen-bond donors (Lipinski definition) is 4. The van der Waals surface area contributed by atoms with Gasteiger partial charge in [0.15, 0.2) is 5.60 Å². The third-order valence-electron chi connectivity index (χ3n) is 2.05. The van der Waals surface area contributed by atoms with E-state index in [1.54, 1.807) is 0 Å². The number of carbonyl (C=O) groups excluding carboxylic acids is 1. The van der Waals surface area contributed by atoms with E-state index in [1.807, 2.05) is 0 Å². The third-order valence-corrected chi connectivity index (χ3v) is 2.05. The number of carbonyl (C=O) groups is 3. The van der Waals surface area contributed by atoms with Gasteiger partial charge in [-0.1, -0.05) is 0 Å².